The van der Waals surface area contributed by atoms with Crippen molar-refractivity contribution in [3.05, 3.63) is 65.2 Å². The average Bonchev–Trinajstić information content (AvgIpc) is 2.50. The van der Waals surface area contributed by atoms with E-state index in [2.05, 4.69) is 24.3 Å². The molecule has 2 N–H and O–H groups in total. The third-order valence-corrected chi connectivity index (χ3v) is 4.75. The molecule has 0 saturated heterocycles. The lowest BCUT2D eigenvalue weighted by Crippen LogP contribution is -1.92. The van der Waals surface area contributed by atoms with Gasteiger partial charge in [-0.15, -0.1) is 0 Å². The first-order valence-corrected chi connectivity index (χ1v) is 7.53. The Morgan fingerprint density at radius 1 is 1.00 bits per heavy atom. The third kappa shape index (κ3) is 2.69. The fraction of sp³-hybridized carbons (Fsp3) is 0. The minimum absolute atomic E-state index is 0.336. The maximum absolute atomic E-state index is 9.11. The summed E-state index contributed by atoms with van der Waals surface area (Å²) >= 11 is 7.79. The Labute approximate surface area is 132 Å². The lowest BCUT2D eigenvalue weighted by molar-refractivity contribution is 1.39. The van der Waals surface area contributed by atoms with Gasteiger partial charge in [0.25, 0.3) is 0 Å². The van der Waals surface area contributed by atoms with Crippen LogP contribution in [0.2, 0.25) is 5.02 Å². The van der Waals surface area contributed by atoms with Crippen LogP contribution in [-0.2, 0) is 0 Å². The molecule has 2 nitrogen and oxygen atoms in total. The normalized spacial score (nSPS) is 10.5. The third-order valence-electron chi connectivity index (χ3n) is 3.20. The number of fused-ring (bicyclic) bond motifs is 1. The molecular formula is C17H11ClN2S. The van der Waals surface area contributed by atoms with E-state index in [1.165, 1.54) is 22.5 Å². The highest BCUT2D eigenvalue weighted by atomic mass is 35.5. The van der Waals surface area contributed by atoms with Gasteiger partial charge in [0.15, 0.2) is 0 Å². The molecule has 0 saturated carbocycles. The molecule has 0 heterocycles. The molecule has 4 heteroatoms. The predicted octanol–water partition coefficient (Wildman–Crippen LogP) is 5.10. The van der Waals surface area contributed by atoms with Gasteiger partial charge in [0.1, 0.15) is 6.07 Å². The van der Waals surface area contributed by atoms with Gasteiger partial charge in [-0.25, -0.2) is 0 Å². The SMILES string of the molecule is N#Cc1c(N)ccc(Sc2ccc3ccccc3c2)c1Cl. The molecule has 0 atom stereocenters. The van der Waals surface area contributed by atoms with Crippen LogP contribution in [0.25, 0.3) is 10.8 Å². The van der Waals surface area contributed by atoms with E-state index in [4.69, 9.17) is 22.6 Å². The second-order valence-electron chi connectivity index (χ2n) is 4.56. The first-order valence-electron chi connectivity index (χ1n) is 6.34. The number of rotatable bonds is 2. The van der Waals surface area contributed by atoms with Crippen molar-refractivity contribution >= 4 is 39.8 Å². The summed E-state index contributed by atoms with van der Waals surface area (Å²) in [6.45, 7) is 0. The summed E-state index contributed by atoms with van der Waals surface area (Å²) in [5, 5.41) is 11.9. The van der Waals surface area contributed by atoms with Crippen LogP contribution in [0.15, 0.2) is 64.4 Å². The molecule has 0 fully saturated rings. The van der Waals surface area contributed by atoms with E-state index in [-0.39, 0.29) is 0 Å². The molecule has 3 rings (SSSR count). The quantitative estimate of drug-likeness (QED) is 0.670. The second kappa shape index (κ2) is 5.69. The van der Waals surface area contributed by atoms with Crippen molar-refractivity contribution in [1.29, 1.82) is 5.26 Å². The summed E-state index contributed by atoms with van der Waals surface area (Å²) in [4.78, 5) is 1.90. The van der Waals surface area contributed by atoms with Crippen LogP contribution in [0.4, 0.5) is 5.69 Å². The van der Waals surface area contributed by atoms with Crippen LogP contribution < -0.4 is 5.73 Å². The van der Waals surface area contributed by atoms with Crippen LogP contribution in [-0.4, -0.2) is 0 Å². The molecule has 0 aliphatic heterocycles. The lowest BCUT2D eigenvalue weighted by Gasteiger charge is -2.08. The smallest absolute Gasteiger partial charge is 0.103 e. The molecule has 0 aliphatic rings. The topological polar surface area (TPSA) is 49.8 Å². The van der Waals surface area contributed by atoms with Gasteiger partial charge in [-0.05, 0) is 35.0 Å². The van der Waals surface area contributed by atoms with Gasteiger partial charge >= 0.3 is 0 Å². The van der Waals surface area contributed by atoms with Gasteiger partial charge in [-0.2, -0.15) is 5.26 Å². The molecule has 0 unspecified atom stereocenters. The predicted molar refractivity (Wildman–Crippen MR) is 88.7 cm³/mol. The second-order valence-corrected chi connectivity index (χ2v) is 6.06. The van der Waals surface area contributed by atoms with Crippen molar-refractivity contribution in [2.24, 2.45) is 0 Å². The van der Waals surface area contributed by atoms with Gasteiger partial charge in [-0.1, -0.05) is 53.7 Å². The maximum atomic E-state index is 9.11. The van der Waals surface area contributed by atoms with Crippen molar-refractivity contribution in [3.63, 3.8) is 0 Å². The maximum Gasteiger partial charge on any atom is 0.103 e. The number of benzene rings is 3. The molecule has 0 aromatic heterocycles. The van der Waals surface area contributed by atoms with Crippen LogP contribution >= 0.6 is 23.4 Å². The van der Waals surface area contributed by atoms with Crippen molar-refractivity contribution in [3.8, 4) is 6.07 Å². The number of nitrogen functional groups attached to an aromatic ring is 1. The van der Waals surface area contributed by atoms with Crippen molar-refractivity contribution in [1.82, 2.24) is 0 Å². The molecule has 21 heavy (non-hydrogen) atoms. The first-order chi connectivity index (χ1) is 10.2. The lowest BCUT2D eigenvalue weighted by atomic mass is 10.1. The van der Waals surface area contributed by atoms with E-state index < -0.39 is 0 Å². The molecular weight excluding hydrogens is 300 g/mol. The zero-order chi connectivity index (χ0) is 14.8. The van der Waals surface area contributed by atoms with Crippen LogP contribution in [0.5, 0.6) is 0 Å². The highest BCUT2D eigenvalue weighted by Gasteiger charge is 2.11. The Hall–Kier alpha value is -2.15. The Balaban J connectivity index is 2.01. The summed E-state index contributed by atoms with van der Waals surface area (Å²) in [7, 11) is 0. The molecule has 3 aromatic rings. The van der Waals surface area contributed by atoms with Gasteiger partial charge in [-0.3, -0.25) is 0 Å². The number of hydrogen-bond acceptors (Lipinski definition) is 3. The minimum Gasteiger partial charge on any atom is -0.398 e. The molecule has 0 radical (unpaired) electrons. The van der Waals surface area contributed by atoms with E-state index in [0.717, 1.165) is 9.79 Å². The van der Waals surface area contributed by atoms with E-state index in [1.807, 2.05) is 30.3 Å². The van der Waals surface area contributed by atoms with Crippen LogP contribution in [0, 0.1) is 11.3 Å². The minimum atomic E-state index is 0.336. The van der Waals surface area contributed by atoms with Crippen LogP contribution in [0.1, 0.15) is 5.56 Å². The highest BCUT2D eigenvalue weighted by molar-refractivity contribution is 7.99. The van der Waals surface area contributed by atoms with Crippen molar-refractivity contribution in [2.75, 3.05) is 5.73 Å². The highest BCUT2D eigenvalue weighted by Crippen LogP contribution is 2.37. The Kier molecular flexibility index (Phi) is 3.74. The number of halogens is 1. The molecule has 102 valence electrons. The zero-order valence-electron chi connectivity index (χ0n) is 11.0. The van der Waals surface area contributed by atoms with Gasteiger partial charge in [0.2, 0.25) is 0 Å². The zero-order valence-corrected chi connectivity index (χ0v) is 12.6. The molecule has 0 bridgehead atoms. The molecule has 3 aromatic carbocycles. The number of anilines is 1. The summed E-state index contributed by atoms with van der Waals surface area (Å²) in [6, 6.07) is 20.0. The average molecular weight is 311 g/mol. The monoisotopic (exact) mass is 310 g/mol. The molecule has 0 aliphatic carbocycles. The van der Waals surface area contributed by atoms with Gasteiger partial charge < -0.3 is 5.73 Å². The van der Waals surface area contributed by atoms with E-state index in [1.54, 1.807) is 6.07 Å². The fourth-order valence-corrected chi connectivity index (χ4v) is 3.36. The fourth-order valence-electron chi connectivity index (χ4n) is 2.12. The van der Waals surface area contributed by atoms with Crippen molar-refractivity contribution < 1.29 is 0 Å². The standard InChI is InChI=1S/C17H11ClN2S/c18-17-14(10-19)15(20)7-8-16(17)21-13-6-5-11-3-1-2-4-12(11)9-13/h1-9H,20H2. The van der Waals surface area contributed by atoms with Crippen molar-refractivity contribution in [2.45, 2.75) is 9.79 Å². The van der Waals surface area contributed by atoms with E-state index in [0.29, 0.717) is 16.3 Å². The van der Waals surface area contributed by atoms with Gasteiger partial charge in [0, 0.05) is 9.79 Å². The van der Waals surface area contributed by atoms with Gasteiger partial charge in [0.05, 0.1) is 16.3 Å². The van der Waals surface area contributed by atoms with E-state index in [9.17, 15) is 0 Å². The van der Waals surface area contributed by atoms with Crippen LogP contribution in [0.3, 0.4) is 0 Å². The number of nitrogens with zero attached hydrogens (tertiary/aromatic N) is 1. The Bertz CT molecular complexity index is 868. The number of nitriles is 1. The number of hydrogen-bond donors (Lipinski definition) is 1. The number of nitrogens with two attached hydrogens (primary N) is 1. The summed E-state index contributed by atoms with van der Waals surface area (Å²) < 4.78 is 0. The largest absolute Gasteiger partial charge is 0.398 e. The molecule has 0 amide bonds. The summed E-state index contributed by atoms with van der Waals surface area (Å²) in [5.41, 5.74) is 6.50. The van der Waals surface area contributed by atoms with E-state index >= 15 is 0 Å². The summed E-state index contributed by atoms with van der Waals surface area (Å²) in [6.07, 6.45) is 0. The Morgan fingerprint density at radius 2 is 1.76 bits per heavy atom. The first kappa shape index (κ1) is 13.8. The summed E-state index contributed by atoms with van der Waals surface area (Å²) in [5.74, 6) is 0. The molecule has 0 spiro atoms. The Morgan fingerprint density at radius 3 is 2.52 bits per heavy atom.